The average molecular weight is 182 g/mol. The van der Waals surface area contributed by atoms with Crippen LogP contribution in [0, 0.1) is 22.7 Å². The Morgan fingerprint density at radius 2 is 2.23 bits per heavy atom. The fourth-order valence-corrected chi connectivity index (χ4v) is 0.655. The molecule has 3 N–H and O–H groups in total. The van der Waals surface area contributed by atoms with Gasteiger partial charge in [0.05, 0.1) is 12.1 Å². The Morgan fingerprint density at radius 3 is 2.69 bits per heavy atom. The van der Waals surface area contributed by atoms with Crippen molar-refractivity contribution in [3.05, 3.63) is 0 Å². The van der Waals surface area contributed by atoms with Crippen LogP contribution in [0.3, 0.4) is 0 Å². The van der Waals surface area contributed by atoms with Gasteiger partial charge in [0.15, 0.2) is 0 Å². The van der Waals surface area contributed by atoms with Crippen molar-refractivity contribution >= 4 is 6.09 Å². The molecule has 0 saturated heterocycles. The summed E-state index contributed by atoms with van der Waals surface area (Å²) in [6.07, 6.45) is -0.868. The van der Waals surface area contributed by atoms with Crippen molar-refractivity contribution in [2.75, 3.05) is 13.1 Å². The van der Waals surface area contributed by atoms with Crippen LogP contribution in [0.2, 0.25) is 0 Å². The lowest BCUT2D eigenvalue weighted by Gasteiger charge is -2.08. The van der Waals surface area contributed by atoms with Crippen molar-refractivity contribution in [1.29, 1.82) is 10.5 Å². The molecule has 0 heterocycles. The van der Waals surface area contributed by atoms with Gasteiger partial charge in [0.25, 0.3) is 0 Å². The summed E-state index contributed by atoms with van der Waals surface area (Å²) in [5, 5.41) is 29.7. The molecule has 13 heavy (non-hydrogen) atoms. The minimum Gasteiger partial charge on any atom is -0.465 e. The maximum Gasteiger partial charge on any atom is 0.404 e. The van der Waals surface area contributed by atoms with Crippen molar-refractivity contribution in [3.63, 3.8) is 0 Å². The minimum atomic E-state index is -1.16. The highest BCUT2D eigenvalue weighted by atomic mass is 16.4. The van der Waals surface area contributed by atoms with Gasteiger partial charge in [-0.05, 0) is 0 Å². The second kappa shape index (κ2) is 6.89. The van der Waals surface area contributed by atoms with E-state index in [0.29, 0.717) is 13.0 Å². The number of hydrogen-bond donors (Lipinski definition) is 3. The van der Waals surface area contributed by atoms with Crippen LogP contribution in [0.4, 0.5) is 4.79 Å². The first-order valence-electron chi connectivity index (χ1n) is 3.67. The highest BCUT2D eigenvalue weighted by molar-refractivity contribution is 5.64. The molecule has 0 bridgehead atoms. The summed E-state index contributed by atoms with van der Waals surface area (Å²) in [4.78, 5) is 10.0. The molecule has 6 heteroatoms. The molecule has 0 rings (SSSR count). The van der Waals surface area contributed by atoms with Crippen molar-refractivity contribution in [2.24, 2.45) is 0 Å². The number of nitrogens with zero attached hydrogens (tertiary/aromatic N) is 2. The summed E-state index contributed by atoms with van der Waals surface area (Å²) in [5.74, 6) is 0. The number of nitriles is 2. The Hall–Kier alpha value is -1.79. The highest BCUT2D eigenvalue weighted by Gasteiger charge is 2.06. The second-order valence-electron chi connectivity index (χ2n) is 2.23. The van der Waals surface area contributed by atoms with Gasteiger partial charge in [-0.1, -0.05) is 0 Å². The van der Waals surface area contributed by atoms with Crippen LogP contribution in [0.5, 0.6) is 0 Å². The normalized spacial score (nSPS) is 10.9. The van der Waals surface area contributed by atoms with Gasteiger partial charge in [0.2, 0.25) is 0 Å². The molecule has 0 aromatic carbocycles. The van der Waals surface area contributed by atoms with Crippen LogP contribution in [0.25, 0.3) is 0 Å². The zero-order valence-electron chi connectivity index (χ0n) is 6.95. The van der Waals surface area contributed by atoms with E-state index in [1.165, 1.54) is 0 Å². The molecule has 0 aliphatic rings. The lowest BCUT2D eigenvalue weighted by Crippen LogP contribution is -2.39. The lowest BCUT2D eigenvalue weighted by molar-refractivity contribution is 0.194. The quantitative estimate of drug-likeness (QED) is 0.503. The van der Waals surface area contributed by atoms with Gasteiger partial charge in [-0.2, -0.15) is 10.5 Å². The number of rotatable bonds is 5. The van der Waals surface area contributed by atoms with Crippen LogP contribution in [0.1, 0.15) is 6.42 Å². The van der Waals surface area contributed by atoms with Gasteiger partial charge in [-0.25, -0.2) is 4.79 Å². The topological polar surface area (TPSA) is 109 Å². The highest BCUT2D eigenvalue weighted by Crippen LogP contribution is 1.80. The van der Waals surface area contributed by atoms with Gasteiger partial charge >= 0.3 is 6.09 Å². The van der Waals surface area contributed by atoms with Gasteiger partial charge < -0.3 is 10.4 Å². The third-order valence-electron chi connectivity index (χ3n) is 1.24. The smallest absolute Gasteiger partial charge is 0.404 e. The van der Waals surface area contributed by atoms with E-state index >= 15 is 0 Å². The fraction of sp³-hybridized carbons (Fsp3) is 0.571. The first-order valence-corrected chi connectivity index (χ1v) is 3.67. The summed E-state index contributed by atoms with van der Waals surface area (Å²) < 4.78 is 0. The zero-order chi connectivity index (χ0) is 10.1. The van der Waals surface area contributed by atoms with E-state index in [2.05, 4.69) is 10.6 Å². The molecular formula is C7H10N4O2. The van der Waals surface area contributed by atoms with Crippen LogP contribution in [-0.4, -0.2) is 30.3 Å². The largest absolute Gasteiger partial charge is 0.465 e. The summed E-state index contributed by atoms with van der Waals surface area (Å²) in [6, 6.07) is 3.19. The predicted octanol–water partition coefficient (Wildman–Crippen LogP) is -0.351. The Balaban J connectivity index is 3.60. The summed E-state index contributed by atoms with van der Waals surface area (Å²) in [5.41, 5.74) is 0. The molecule has 1 atom stereocenters. The molecule has 0 saturated carbocycles. The number of carboxylic acid groups (broad SMARTS) is 1. The van der Waals surface area contributed by atoms with Crippen LogP contribution < -0.4 is 10.6 Å². The van der Waals surface area contributed by atoms with E-state index < -0.39 is 12.1 Å². The first-order chi connectivity index (χ1) is 6.20. The van der Waals surface area contributed by atoms with Gasteiger partial charge in [-0.15, -0.1) is 0 Å². The standard InChI is InChI=1S/C7H10N4O2/c8-2-1-3-10-6(4-9)5-11-7(12)13/h6,10-11H,1,3,5H2,(H,12,13). The van der Waals surface area contributed by atoms with E-state index in [9.17, 15) is 4.79 Å². The zero-order valence-corrected chi connectivity index (χ0v) is 6.95. The van der Waals surface area contributed by atoms with Crippen molar-refractivity contribution in [3.8, 4) is 12.1 Å². The Bertz CT molecular complexity index is 240. The van der Waals surface area contributed by atoms with Crippen LogP contribution in [0.15, 0.2) is 0 Å². The average Bonchev–Trinajstić information content (AvgIpc) is 2.10. The molecule has 70 valence electrons. The fourth-order valence-electron chi connectivity index (χ4n) is 0.655. The number of carbonyl (C=O) groups is 1. The molecule has 0 radical (unpaired) electrons. The Morgan fingerprint density at radius 1 is 1.54 bits per heavy atom. The molecule has 0 fully saturated rings. The van der Waals surface area contributed by atoms with E-state index in [0.717, 1.165) is 0 Å². The van der Waals surface area contributed by atoms with Crippen LogP contribution in [-0.2, 0) is 0 Å². The monoisotopic (exact) mass is 182 g/mol. The van der Waals surface area contributed by atoms with E-state index in [4.69, 9.17) is 15.6 Å². The number of hydrogen-bond acceptors (Lipinski definition) is 4. The Labute approximate surface area is 75.8 Å². The molecule has 0 spiro atoms. The van der Waals surface area contributed by atoms with Gasteiger partial charge in [0, 0.05) is 19.5 Å². The van der Waals surface area contributed by atoms with Crippen molar-refractivity contribution in [2.45, 2.75) is 12.5 Å². The van der Waals surface area contributed by atoms with Crippen molar-refractivity contribution in [1.82, 2.24) is 10.6 Å². The first kappa shape index (κ1) is 11.2. The molecule has 6 nitrogen and oxygen atoms in total. The van der Waals surface area contributed by atoms with E-state index in [-0.39, 0.29) is 6.54 Å². The summed E-state index contributed by atoms with van der Waals surface area (Å²) >= 11 is 0. The molecule has 0 aromatic heterocycles. The van der Waals surface area contributed by atoms with E-state index in [1.54, 1.807) is 0 Å². The lowest BCUT2D eigenvalue weighted by atomic mass is 10.3. The van der Waals surface area contributed by atoms with Gasteiger partial charge in [0.1, 0.15) is 6.04 Å². The second-order valence-corrected chi connectivity index (χ2v) is 2.23. The van der Waals surface area contributed by atoms with Crippen LogP contribution >= 0.6 is 0 Å². The third-order valence-corrected chi connectivity index (χ3v) is 1.24. The number of amides is 1. The van der Waals surface area contributed by atoms with E-state index in [1.807, 2.05) is 12.1 Å². The minimum absolute atomic E-state index is 0.0251. The molecule has 0 aliphatic carbocycles. The maximum atomic E-state index is 10.0. The SMILES string of the molecule is N#CCCNC(C#N)CNC(=O)O. The molecular weight excluding hydrogens is 172 g/mol. The number of nitrogens with one attached hydrogen (secondary N) is 2. The van der Waals surface area contributed by atoms with Crippen molar-refractivity contribution < 1.29 is 9.90 Å². The Kier molecular flexibility index (Phi) is 5.94. The summed E-state index contributed by atoms with van der Waals surface area (Å²) in [6.45, 7) is 0.410. The molecule has 1 unspecified atom stereocenters. The maximum absolute atomic E-state index is 10.0. The third kappa shape index (κ3) is 6.60. The molecule has 1 amide bonds. The predicted molar refractivity (Wildman–Crippen MR) is 43.7 cm³/mol. The van der Waals surface area contributed by atoms with Gasteiger partial charge in [-0.3, -0.25) is 5.32 Å². The molecule has 0 aromatic rings. The summed E-state index contributed by atoms with van der Waals surface area (Å²) in [7, 11) is 0. The molecule has 0 aliphatic heterocycles.